The van der Waals surface area contributed by atoms with E-state index in [9.17, 15) is 0 Å². The molecular formula is C36H25N3OPt. The molecule has 41 heavy (non-hydrogen) atoms. The number of pyridine rings is 2. The van der Waals surface area contributed by atoms with Gasteiger partial charge in [0.2, 0.25) is 0 Å². The van der Waals surface area contributed by atoms with E-state index in [0.717, 1.165) is 72.9 Å². The summed E-state index contributed by atoms with van der Waals surface area (Å²) >= 11 is 0. The van der Waals surface area contributed by atoms with Gasteiger partial charge in [0, 0.05) is 5.39 Å². The molecule has 0 unspecified atom stereocenters. The topological polar surface area (TPSA) is 42.2 Å². The van der Waals surface area contributed by atoms with Gasteiger partial charge in [-0.2, -0.15) is 0 Å². The predicted octanol–water partition coefficient (Wildman–Crippen LogP) is 9.39. The smallest absolute Gasteiger partial charge is 0.501 e. The number of benzene rings is 4. The molecule has 200 valence electrons. The molecule has 0 saturated heterocycles. The van der Waals surface area contributed by atoms with E-state index in [4.69, 9.17) is 14.4 Å². The molecule has 0 aliphatic heterocycles. The van der Waals surface area contributed by atoms with Crippen LogP contribution in [0.15, 0.2) is 120 Å². The maximum Gasteiger partial charge on any atom is 2.00 e. The molecule has 7 aromatic rings. The number of rotatable bonds is 5. The van der Waals surface area contributed by atoms with E-state index >= 15 is 0 Å². The van der Waals surface area contributed by atoms with Crippen LogP contribution in [0, 0.1) is 26.0 Å². The minimum Gasteiger partial charge on any atom is -0.501 e. The Kier molecular flexibility index (Phi) is 7.26. The maximum absolute atomic E-state index is 6.31. The zero-order chi connectivity index (χ0) is 27.1. The third-order valence-corrected chi connectivity index (χ3v) is 7.17. The first-order chi connectivity index (χ1) is 19.7. The fraction of sp³-hybridized carbons (Fsp3) is 0.0556. The van der Waals surface area contributed by atoms with Crippen molar-refractivity contribution in [2.24, 2.45) is 0 Å². The quantitative estimate of drug-likeness (QED) is 0.167. The molecule has 0 bridgehead atoms. The molecular weight excluding hydrogens is 685 g/mol. The Labute approximate surface area is 253 Å². The Hall–Kier alpha value is -4.53. The Balaban J connectivity index is 0.00000302. The first-order valence-corrected chi connectivity index (χ1v) is 13.3. The van der Waals surface area contributed by atoms with E-state index in [-0.39, 0.29) is 21.1 Å². The molecule has 5 heteroatoms. The van der Waals surface area contributed by atoms with Crippen molar-refractivity contribution in [1.82, 2.24) is 9.97 Å². The molecule has 0 radical (unpaired) electrons. The maximum atomic E-state index is 6.31. The van der Waals surface area contributed by atoms with Gasteiger partial charge < -0.3 is 4.42 Å². The van der Waals surface area contributed by atoms with E-state index in [1.54, 1.807) is 0 Å². The third kappa shape index (κ3) is 4.85. The molecule has 0 spiro atoms. The second-order valence-electron chi connectivity index (χ2n) is 9.81. The first kappa shape index (κ1) is 26.7. The minimum atomic E-state index is 0. The zero-order valence-electron chi connectivity index (χ0n) is 22.5. The number of hydrogen-bond acceptors (Lipinski definition) is 4. The number of hydrogen-bond donors (Lipinski definition) is 0. The fourth-order valence-electron chi connectivity index (χ4n) is 5.32. The van der Waals surface area contributed by atoms with Crippen LogP contribution >= 0.6 is 0 Å². The van der Waals surface area contributed by atoms with Crippen LogP contribution in [-0.4, -0.2) is 9.97 Å². The predicted molar refractivity (Wildman–Crippen MR) is 162 cm³/mol. The summed E-state index contributed by atoms with van der Waals surface area (Å²) in [6.07, 6.45) is 0. The molecule has 4 aromatic carbocycles. The Bertz CT molecular complexity index is 1980. The van der Waals surface area contributed by atoms with Gasteiger partial charge in [0.15, 0.2) is 0 Å². The standard InChI is InChI=1S/C36H25N3O.Pt/c1-24-12-8-13-25(2)35(24)39(33-22-10-19-30(37-33)26-14-4-3-5-15-26)34-23-11-20-31(38-34)29-18-9-17-28-27-16-6-7-21-32(27)40-36(28)29;/h3-14,16-17,19-23H,1-2H3;/q-2;+2. The number of nitrogens with zero attached hydrogens (tertiary/aromatic N) is 3. The molecule has 0 fully saturated rings. The van der Waals surface area contributed by atoms with Crippen LogP contribution in [-0.2, 0) is 21.1 Å². The summed E-state index contributed by atoms with van der Waals surface area (Å²) in [6, 6.07) is 45.1. The number of para-hydroxylation sites is 2. The molecule has 4 nitrogen and oxygen atoms in total. The molecule has 0 amide bonds. The fourth-order valence-corrected chi connectivity index (χ4v) is 5.32. The Morgan fingerprint density at radius 3 is 2.05 bits per heavy atom. The van der Waals surface area contributed by atoms with Crippen molar-refractivity contribution in [3.63, 3.8) is 0 Å². The average molecular weight is 711 g/mol. The van der Waals surface area contributed by atoms with Gasteiger partial charge >= 0.3 is 21.1 Å². The molecule has 7 rings (SSSR count). The van der Waals surface area contributed by atoms with Crippen molar-refractivity contribution in [2.75, 3.05) is 4.90 Å². The van der Waals surface area contributed by atoms with Crippen molar-refractivity contribution < 1.29 is 25.5 Å². The molecule has 0 atom stereocenters. The van der Waals surface area contributed by atoms with Gasteiger partial charge in [-0.3, -0.25) is 14.9 Å². The molecule has 3 aromatic heterocycles. The average Bonchev–Trinajstić information content (AvgIpc) is 3.39. The van der Waals surface area contributed by atoms with Crippen molar-refractivity contribution in [3.8, 4) is 22.5 Å². The third-order valence-electron chi connectivity index (χ3n) is 7.17. The number of anilines is 3. The van der Waals surface area contributed by atoms with Gasteiger partial charge in [0.25, 0.3) is 0 Å². The summed E-state index contributed by atoms with van der Waals surface area (Å²) in [5.41, 5.74) is 8.37. The molecule has 0 N–H and O–H groups in total. The van der Waals surface area contributed by atoms with Crippen LogP contribution in [0.25, 0.3) is 44.5 Å². The second-order valence-corrected chi connectivity index (χ2v) is 9.81. The SMILES string of the molecule is Cc1cccc(C)c1N(c1cccc(-c2[c-]cccc2)n1)c1cccc(-c2[c-]ccc3c2oc2ccccc23)n1.[Pt+2]. The van der Waals surface area contributed by atoms with Gasteiger partial charge in [-0.05, 0) is 54.6 Å². The molecule has 0 saturated carbocycles. The summed E-state index contributed by atoms with van der Waals surface area (Å²) in [5, 5.41) is 2.14. The van der Waals surface area contributed by atoms with Crippen LogP contribution in [0.5, 0.6) is 0 Å². The van der Waals surface area contributed by atoms with E-state index in [2.05, 4.69) is 55.1 Å². The first-order valence-electron chi connectivity index (χ1n) is 13.3. The Morgan fingerprint density at radius 1 is 0.610 bits per heavy atom. The van der Waals surface area contributed by atoms with E-state index in [0.29, 0.717) is 0 Å². The summed E-state index contributed by atoms with van der Waals surface area (Å²) < 4.78 is 6.31. The van der Waals surface area contributed by atoms with Crippen molar-refractivity contribution in [1.29, 1.82) is 0 Å². The van der Waals surface area contributed by atoms with Gasteiger partial charge in [-0.25, -0.2) is 0 Å². The summed E-state index contributed by atoms with van der Waals surface area (Å²) in [4.78, 5) is 12.4. The van der Waals surface area contributed by atoms with E-state index < -0.39 is 0 Å². The number of aromatic nitrogens is 2. The summed E-state index contributed by atoms with van der Waals surface area (Å²) in [5.74, 6) is 1.54. The van der Waals surface area contributed by atoms with Crippen molar-refractivity contribution in [2.45, 2.75) is 13.8 Å². The Morgan fingerprint density at radius 2 is 1.29 bits per heavy atom. The minimum absolute atomic E-state index is 0. The number of furan rings is 1. The van der Waals surface area contributed by atoms with Crippen LogP contribution in [0.3, 0.4) is 0 Å². The second kappa shape index (κ2) is 11.2. The van der Waals surface area contributed by atoms with E-state index in [1.807, 2.05) is 91.0 Å². The van der Waals surface area contributed by atoms with Crippen molar-refractivity contribution >= 4 is 39.3 Å². The van der Waals surface area contributed by atoms with Gasteiger partial charge in [-0.1, -0.05) is 71.6 Å². The van der Waals surface area contributed by atoms with Crippen LogP contribution in [0.1, 0.15) is 11.1 Å². The zero-order valence-corrected chi connectivity index (χ0v) is 24.8. The van der Waals surface area contributed by atoms with Crippen LogP contribution < -0.4 is 4.90 Å². The monoisotopic (exact) mass is 710 g/mol. The number of fused-ring (bicyclic) bond motifs is 3. The van der Waals surface area contributed by atoms with Gasteiger partial charge in [0.05, 0.1) is 11.3 Å². The molecule has 0 aliphatic carbocycles. The largest absolute Gasteiger partial charge is 2.00 e. The van der Waals surface area contributed by atoms with Gasteiger partial charge in [-0.15, -0.1) is 54.1 Å². The summed E-state index contributed by atoms with van der Waals surface area (Å²) in [7, 11) is 0. The van der Waals surface area contributed by atoms with Crippen LogP contribution in [0.2, 0.25) is 0 Å². The van der Waals surface area contributed by atoms with Gasteiger partial charge in [0.1, 0.15) is 17.2 Å². The van der Waals surface area contributed by atoms with Crippen LogP contribution in [0.4, 0.5) is 17.3 Å². The van der Waals surface area contributed by atoms with E-state index in [1.165, 1.54) is 0 Å². The summed E-state index contributed by atoms with van der Waals surface area (Å²) in [6.45, 7) is 4.24. The molecule has 3 heterocycles. The molecule has 0 aliphatic rings. The number of aryl methyl sites for hydroxylation is 2. The normalized spacial score (nSPS) is 11.0. The van der Waals surface area contributed by atoms with Crippen molar-refractivity contribution in [3.05, 3.63) is 139 Å².